The molecule has 0 fully saturated rings. The third-order valence-corrected chi connectivity index (χ3v) is 7.94. The number of nitrogens with two attached hydrogens (primary N) is 1. The molecule has 5 N–H and O–H groups in total. The number of nitrogens with zero attached hydrogens (tertiary/aromatic N) is 2. The second-order valence-corrected chi connectivity index (χ2v) is 10.9. The number of nitrogens with one attached hydrogen (secondary N) is 1. The fourth-order valence-corrected chi connectivity index (χ4v) is 5.09. The Labute approximate surface area is 253 Å². The average molecular weight is 629 g/mol. The molecule has 0 aliphatic carbocycles. The highest BCUT2D eigenvalue weighted by atomic mass is 19.4. The van der Waals surface area contributed by atoms with E-state index in [2.05, 4.69) is 15.3 Å². The summed E-state index contributed by atoms with van der Waals surface area (Å²) in [6, 6.07) is 9.82. The number of hydrogen-bond acceptors (Lipinski definition) is 8. The van der Waals surface area contributed by atoms with Gasteiger partial charge in [-0.25, -0.2) is 14.4 Å². The summed E-state index contributed by atoms with van der Waals surface area (Å²) in [5.74, 6) is -2.40. The lowest BCUT2D eigenvalue weighted by atomic mass is 9.81. The maximum Gasteiger partial charge on any atom is 0.424 e. The number of aryl methyl sites for hydroxylation is 1. The van der Waals surface area contributed by atoms with Crippen LogP contribution in [0.15, 0.2) is 48.5 Å². The van der Waals surface area contributed by atoms with Crippen molar-refractivity contribution in [2.24, 2.45) is 5.73 Å². The number of fused-ring (bicyclic) bond motifs is 2. The number of carbonyl (C=O) groups is 2. The van der Waals surface area contributed by atoms with Gasteiger partial charge in [0.15, 0.2) is 0 Å². The summed E-state index contributed by atoms with van der Waals surface area (Å²) >= 11 is 0. The SMILES string of the molecule is COc1cc(C(=O)NCC(O)(c2cc3c(c(-c4ccc(F)cc4)n2)OC[C@]3(C)C(N)=O)C(F)(F)F)cc2cc(C)c(CO)nc12. The molecule has 0 saturated heterocycles. The van der Waals surface area contributed by atoms with E-state index in [-0.39, 0.29) is 47.1 Å². The Morgan fingerprint density at radius 3 is 2.42 bits per heavy atom. The molecule has 236 valence electrons. The van der Waals surface area contributed by atoms with Crippen LogP contribution in [0.5, 0.6) is 11.5 Å². The number of amides is 2. The van der Waals surface area contributed by atoms with Crippen LogP contribution in [0.25, 0.3) is 22.2 Å². The lowest BCUT2D eigenvalue weighted by molar-refractivity contribution is -0.265. The number of aromatic nitrogens is 2. The minimum atomic E-state index is -5.38. The molecule has 1 aliphatic rings. The van der Waals surface area contributed by atoms with E-state index in [4.69, 9.17) is 15.2 Å². The fourth-order valence-electron chi connectivity index (χ4n) is 5.09. The number of alkyl halides is 3. The summed E-state index contributed by atoms with van der Waals surface area (Å²) in [6.07, 6.45) is -5.38. The van der Waals surface area contributed by atoms with Crippen LogP contribution >= 0.6 is 0 Å². The number of primary amides is 1. The van der Waals surface area contributed by atoms with E-state index in [0.29, 0.717) is 22.2 Å². The molecule has 2 aromatic carbocycles. The van der Waals surface area contributed by atoms with E-state index in [1.54, 1.807) is 13.0 Å². The van der Waals surface area contributed by atoms with Crippen LogP contribution in [0, 0.1) is 12.7 Å². The van der Waals surface area contributed by atoms with Crippen LogP contribution in [0.2, 0.25) is 0 Å². The summed E-state index contributed by atoms with van der Waals surface area (Å²) < 4.78 is 68.8. The van der Waals surface area contributed by atoms with Crippen molar-refractivity contribution in [2.75, 3.05) is 20.3 Å². The number of ether oxygens (including phenoxy) is 2. The number of aliphatic hydroxyl groups is 2. The largest absolute Gasteiger partial charge is 0.494 e. The monoisotopic (exact) mass is 628 g/mol. The van der Waals surface area contributed by atoms with Gasteiger partial charge in [-0.15, -0.1) is 0 Å². The molecule has 5 rings (SSSR count). The molecule has 2 atom stereocenters. The highest BCUT2D eigenvalue weighted by Crippen LogP contribution is 2.47. The number of halogens is 4. The van der Waals surface area contributed by atoms with Gasteiger partial charge >= 0.3 is 6.18 Å². The first-order valence-corrected chi connectivity index (χ1v) is 13.5. The Kier molecular flexibility index (Phi) is 7.92. The first-order chi connectivity index (χ1) is 21.1. The third kappa shape index (κ3) is 5.40. The zero-order chi connectivity index (χ0) is 32.9. The molecule has 4 aromatic rings. The van der Waals surface area contributed by atoms with Crippen LogP contribution in [0.1, 0.15) is 39.8 Å². The molecule has 1 aliphatic heterocycles. The molecule has 0 radical (unpaired) electrons. The van der Waals surface area contributed by atoms with Crippen LogP contribution in [-0.2, 0) is 22.4 Å². The third-order valence-electron chi connectivity index (χ3n) is 7.94. The minimum Gasteiger partial charge on any atom is -0.494 e. The number of methoxy groups -OCH3 is 1. The van der Waals surface area contributed by atoms with Crippen molar-refractivity contribution in [1.29, 1.82) is 0 Å². The Balaban J connectivity index is 1.58. The standard InChI is InChI=1S/C31H28F4N4O6/c1-15-8-17-9-18(10-22(44-3)24(17)38-21(15)12-40)27(41)37-13-30(43,31(33,34)35)23-11-20-26(45-14-29(20,2)28(36)42)25(39-23)16-4-6-19(32)7-5-16/h4-11,40,43H,12-14H2,1-3H3,(H2,36,42)(H,37,41)/t29-,30?/m0/s1. The Morgan fingerprint density at radius 1 is 1.13 bits per heavy atom. The van der Waals surface area contributed by atoms with Gasteiger partial charge in [-0.2, -0.15) is 13.2 Å². The van der Waals surface area contributed by atoms with Crippen molar-refractivity contribution in [2.45, 2.75) is 37.6 Å². The van der Waals surface area contributed by atoms with Gasteiger partial charge in [-0.3, -0.25) is 9.59 Å². The summed E-state index contributed by atoms with van der Waals surface area (Å²) in [7, 11) is 1.32. The van der Waals surface area contributed by atoms with Crippen molar-refractivity contribution in [1.82, 2.24) is 15.3 Å². The Bertz CT molecular complexity index is 1830. The number of benzene rings is 2. The van der Waals surface area contributed by atoms with Gasteiger partial charge in [0.2, 0.25) is 11.5 Å². The highest BCUT2D eigenvalue weighted by molar-refractivity contribution is 6.00. The molecule has 2 aromatic heterocycles. The molecule has 1 unspecified atom stereocenters. The molecule has 45 heavy (non-hydrogen) atoms. The van der Waals surface area contributed by atoms with Crippen LogP contribution in [0.4, 0.5) is 17.6 Å². The number of hydrogen-bond donors (Lipinski definition) is 4. The summed E-state index contributed by atoms with van der Waals surface area (Å²) in [6.45, 7) is 1.04. The van der Waals surface area contributed by atoms with Crippen molar-refractivity contribution in [3.8, 4) is 22.8 Å². The van der Waals surface area contributed by atoms with Crippen LogP contribution < -0.4 is 20.5 Å². The topological polar surface area (TPSA) is 157 Å². The first kappa shape index (κ1) is 31.6. The summed E-state index contributed by atoms with van der Waals surface area (Å²) in [4.78, 5) is 34.1. The molecule has 0 saturated carbocycles. The lowest BCUT2D eigenvalue weighted by Gasteiger charge is -2.31. The van der Waals surface area contributed by atoms with E-state index < -0.39 is 47.1 Å². The number of rotatable bonds is 8. The molecule has 3 heterocycles. The highest BCUT2D eigenvalue weighted by Gasteiger charge is 2.57. The van der Waals surface area contributed by atoms with Crippen molar-refractivity contribution >= 4 is 22.7 Å². The molecular formula is C31H28F4N4O6. The van der Waals surface area contributed by atoms with E-state index in [9.17, 15) is 37.4 Å². The quantitative estimate of drug-likeness (QED) is 0.216. The van der Waals surface area contributed by atoms with Gasteiger partial charge in [0.1, 0.15) is 40.5 Å². The maximum absolute atomic E-state index is 14.7. The van der Waals surface area contributed by atoms with Crippen molar-refractivity contribution in [3.63, 3.8) is 0 Å². The maximum atomic E-state index is 14.7. The summed E-state index contributed by atoms with van der Waals surface area (Å²) in [5, 5.41) is 23.4. The average Bonchev–Trinajstić information content (AvgIpc) is 3.35. The van der Waals surface area contributed by atoms with Gasteiger partial charge in [0, 0.05) is 22.1 Å². The van der Waals surface area contributed by atoms with Gasteiger partial charge in [0.25, 0.3) is 5.91 Å². The predicted molar refractivity (Wildman–Crippen MR) is 153 cm³/mol. The number of aliphatic hydroxyl groups excluding tert-OH is 1. The number of carbonyl (C=O) groups excluding carboxylic acids is 2. The molecule has 2 amide bonds. The molecular weight excluding hydrogens is 600 g/mol. The first-order valence-electron chi connectivity index (χ1n) is 13.5. The van der Waals surface area contributed by atoms with Gasteiger partial charge < -0.3 is 30.7 Å². The van der Waals surface area contributed by atoms with E-state index >= 15 is 0 Å². The van der Waals surface area contributed by atoms with Crippen LogP contribution in [-0.4, -0.2) is 58.4 Å². The van der Waals surface area contributed by atoms with E-state index in [1.807, 2.05) is 0 Å². The van der Waals surface area contributed by atoms with Gasteiger partial charge in [-0.05, 0) is 67.9 Å². The molecule has 10 nitrogen and oxygen atoms in total. The molecule has 0 bridgehead atoms. The normalized spacial score (nSPS) is 17.4. The summed E-state index contributed by atoms with van der Waals surface area (Å²) in [5.41, 5.74) is 0.434. The zero-order valence-corrected chi connectivity index (χ0v) is 24.3. The van der Waals surface area contributed by atoms with Crippen molar-refractivity contribution in [3.05, 3.63) is 82.4 Å². The van der Waals surface area contributed by atoms with Gasteiger partial charge in [0.05, 0.1) is 31.6 Å². The van der Waals surface area contributed by atoms with Crippen LogP contribution in [0.3, 0.4) is 0 Å². The predicted octanol–water partition coefficient (Wildman–Crippen LogP) is 3.56. The second kappa shape index (κ2) is 11.3. The number of pyridine rings is 2. The fraction of sp³-hybridized carbons (Fsp3) is 0.290. The molecule has 0 spiro atoms. The van der Waals surface area contributed by atoms with E-state index in [1.165, 1.54) is 38.3 Å². The van der Waals surface area contributed by atoms with E-state index in [0.717, 1.165) is 18.2 Å². The van der Waals surface area contributed by atoms with Gasteiger partial charge in [-0.1, -0.05) is 0 Å². The zero-order valence-electron chi connectivity index (χ0n) is 24.3. The Hall–Kier alpha value is -4.82. The Morgan fingerprint density at radius 2 is 1.82 bits per heavy atom. The molecule has 14 heteroatoms. The smallest absolute Gasteiger partial charge is 0.424 e. The van der Waals surface area contributed by atoms with Crippen molar-refractivity contribution < 1.29 is 46.8 Å². The second-order valence-electron chi connectivity index (χ2n) is 10.9. The minimum absolute atomic E-state index is 0.0447. The lowest BCUT2D eigenvalue weighted by Crippen LogP contribution is -2.51.